The van der Waals surface area contributed by atoms with Crippen LogP contribution in [0.15, 0.2) is 24.5 Å². The molecule has 1 fully saturated rings. The molecule has 1 atom stereocenters. The van der Waals surface area contributed by atoms with Crippen LogP contribution in [0.5, 0.6) is 5.75 Å². The smallest absolute Gasteiger partial charge is 0.257 e. The highest BCUT2D eigenvalue weighted by atomic mass is 16.5. The topological polar surface area (TPSA) is 84.0 Å². The first-order chi connectivity index (χ1) is 11.2. The maximum absolute atomic E-state index is 13.0. The van der Waals surface area contributed by atoms with E-state index in [-0.39, 0.29) is 11.9 Å². The van der Waals surface area contributed by atoms with E-state index in [1.807, 2.05) is 13.0 Å². The van der Waals surface area contributed by atoms with E-state index in [4.69, 9.17) is 4.74 Å². The first kappa shape index (κ1) is 15.0. The number of rotatable bonds is 3. The number of carbonyl (C=O) groups is 1. The third-order valence-corrected chi connectivity index (χ3v) is 4.04. The number of nitriles is 1. The number of hydrogen-bond donors (Lipinski definition) is 0. The highest BCUT2D eigenvalue weighted by Crippen LogP contribution is 2.28. The summed E-state index contributed by atoms with van der Waals surface area (Å²) in [5.74, 6) is 0.427. The summed E-state index contributed by atoms with van der Waals surface area (Å²) in [6, 6.07) is 5.33. The van der Waals surface area contributed by atoms with Gasteiger partial charge in [-0.2, -0.15) is 20.3 Å². The SMILES string of the molecule is COc1cc(C(=O)N2CCCC2C#N)c(-n2nccn2)cc1C. The van der Waals surface area contributed by atoms with Gasteiger partial charge in [-0.3, -0.25) is 4.79 Å². The molecule has 7 heteroatoms. The Balaban J connectivity index is 2.10. The summed E-state index contributed by atoms with van der Waals surface area (Å²) in [4.78, 5) is 16.0. The van der Waals surface area contributed by atoms with E-state index in [0.717, 1.165) is 12.0 Å². The Hall–Kier alpha value is -2.88. The first-order valence-corrected chi connectivity index (χ1v) is 7.41. The normalized spacial score (nSPS) is 17.1. The molecule has 1 aliphatic rings. The number of ether oxygens (including phenoxy) is 1. The molecule has 7 nitrogen and oxygen atoms in total. The molecule has 0 N–H and O–H groups in total. The Kier molecular flexibility index (Phi) is 3.98. The molecular weight excluding hydrogens is 294 g/mol. The van der Waals surface area contributed by atoms with Gasteiger partial charge in [-0.25, -0.2) is 0 Å². The van der Waals surface area contributed by atoms with Crippen LogP contribution in [0.1, 0.15) is 28.8 Å². The van der Waals surface area contributed by atoms with Crippen molar-refractivity contribution in [3.8, 4) is 17.5 Å². The van der Waals surface area contributed by atoms with Crippen molar-refractivity contribution in [1.29, 1.82) is 5.26 Å². The monoisotopic (exact) mass is 311 g/mol. The quantitative estimate of drug-likeness (QED) is 0.861. The molecule has 2 aromatic rings. The zero-order valence-electron chi connectivity index (χ0n) is 13.1. The van der Waals surface area contributed by atoms with Crippen molar-refractivity contribution in [3.05, 3.63) is 35.7 Å². The molecule has 3 rings (SSSR count). The van der Waals surface area contributed by atoms with Crippen molar-refractivity contribution in [2.24, 2.45) is 0 Å². The summed E-state index contributed by atoms with van der Waals surface area (Å²) in [5, 5.41) is 17.5. The van der Waals surface area contributed by atoms with Gasteiger partial charge in [0.2, 0.25) is 0 Å². The molecule has 1 unspecified atom stereocenters. The van der Waals surface area contributed by atoms with Crippen molar-refractivity contribution >= 4 is 5.91 Å². The summed E-state index contributed by atoms with van der Waals surface area (Å²) in [6.45, 7) is 2.48. The summed E-state index contributed by atoms with van der Waals surface area (Å²) in [5.41, 5.74) is 1.90. The molecule has 23 heavy (non-hydrogen) atoms. The third-order valence-electron chi connectivity index (χ3n) is 4.04. The molecule has 1 aromatic carbocycles. The Morgan fingerprint density at radius 3 is 2.78 bits per heavy atom. The Morgan fingerprint density at radius 1 is 1.39 bits per heavy atom. The molecule has 0 aliphatic carbocycles. The van der Waals surface area contributed by atoms with Crippen LogP contribution in [-0.2, 0) is 0 Å². The minimum Gasteiger partial charge on any atom is -0.496 e. The lowest BCUT2D eigenvalue weighted by atomic mass is 10.1. The van der Waals surface area contributed by atoms with E-state index < -0.39 is 0 Å². The number of hydrogen-bond acceptors (Lipinski definition) is 5. The Bertz CT molecular complexity index is 764. The van der Waals surface area contributed by atoms with Gasteiger partial charge < -0.3 is 9.64 Å². The molecule has 1 aliphatic heterocycles. The average molecular weight is 311 g/mol. The molecular formula is C16H17N5O2. The van der Waals surface area contributed by atoms with E-state index in [1.54, 1.807) is 30.5 Å². The van der Waals surface area contributed by atoms with Crippen LogP contribution in [0.4, 0.5) is 0 Å². The zero-order valence-corrected chi connectivity index (χ0v) is 13.1. The number of amides is 1. The molecule has 2 heterocycles. The Labute approximate surface area is 134 Å². The predicted octanol–water partition coefficient (Wildman–Crippen LogP) is 1.71. The van der Waals surface area contributed by atoms with E-state index >= 15 is 0 Å². The lowest BCUT2D eigenvalue weighted by Gasteiger charge is -2.21. The van der Waals surface area contributed by atoms with Crippen molar-refractivity contribution in [1.82, 2.24) is 19.9 Å². The third kappa shape index (κ3) is 2.63. The van der Waals surface area contributed by atoms with Gasteiger partial charge in [-0.15, -0.1) is 0 Å². The van der Waals surface area contributed by atoms with E-state index in [0.29, 0.717) is 30.0 Å². The van der Waals surface area contributed by atoms with Crippen molar-refractivity contribution in [3.63, 3.8) is 0 Å². The second-order valence-corrected chi connectivity index (χ2v) is 5.44. The number of benzene rings is 1. The number of nitrogens with zero attached hydrogens (tertiary/aromatic N) is 5. The van der Waals surface area contributed by atoms with Gasteiger partial charge in [0.25, 0.3) is 5.91 Å². The average Bonchev–Trinajstić information content (AvgIpc) is 3.25. The zero-order chi connectivity index (χ0) is 16.4. The molecule has 0 saturated carbocycles. The fraction of sp³-hybridized carbons (Fsp3) is 0.375. The summed E-state index contributed by atoms with van der Waals surface area (Å²) >= 11 is 0. The van der Waals surface area contributed by atoms with E-state index in [9.17, 15) is 10.1 Å². The fourth-order valence-corrected chi connectivity index (χ4v) is 2.87. The second kappa shape index (κ2) is 6.08. The van der Waals surface area contributed by atoms with Crippen LogP contribution >= 0.6 is 0 Å². The van der Waals surface area contributed by atoms with Crippen molar-refractivity contribution in [2.75, 3.05) is 13.7 Å². The van der Waals surface area contributed by atoms with Gasteiger partial charge in [0.1, 0.15) is 11.8 Å². The van der Waals surface area contributed by atoms with Gasteiger partial charge in [0, 0.05) is 6.54 Å². The Morgan fingerprint density at radius 2 is 2.13 bits per heavy atom. The first-order valence-electron chi connectivity index (χ1n) is 7.41. The predicted molar refractivity (Wildman–Crippen MR) is 82.3 cm³/mol. The number of methoxy groups -OCH3 is 1. The highest BCUT2D eigenvalue weighted by Gasteiger charge is 2.31. The molecule has 0 radical (unpaired) electrons. The fourth-order valence-electron chi connectivity index (χ4n) is 2.87. The summed E-state index contributed by atoms with van der Waals surface area (Å²) < 4.78 is 5.34. The lowest BCUT2D eigenvalue weighted by Crippen LogP contribution is -2.35. The van der Waals surface area contributed by atoms with Crippen LogP contribution in [0, 0.1) is 18.3 Å². The highest BCUT2D eigenvalue weighted by molar-refractivity contribution is 5.99. The minimum absolute atomic E-state index is 0.195. The largest absolute Gasteiger partial charge is 0.496 e. The number of aryl methyl sites for hydroxylation is 1. The van der Waals surface area contributed by atoms with Crippen molar-refractivity contribution in [2.45, 2.75) is 25.8 Å². The van der Waals surface area contributed by atoms with Crippen LogP contribution in [0.3, 0.4) is 0 Å². The van der Waals surface area contributed by atoms with E-state index in [1.165, 1.54) is 4.80 Å². The standard InChI is InChI=1S/C16H17N5O2/c1-11-8-14(21-18-5-6-19-21)13(9-15(11)23-2)16(22)20-7-3-4-12(20)10-17/h5-6,8-9,12H,3-4,7H2,1-2H3. The van der Waals surface area contributed by atoms with Gasteiger partial charge in [-0.1, -0.05) is 0 Å². The summed E-state index contributed by atoms with van der Waals surface area (Å²) in [6.07, 6.45) is 4.66. The number of likely N-dealkylation sites (tertiary alicyclic amines) is 1. The van der Waals surface area contributed by atoms with Crippen LogP contribution in [0.25, 0.3) is 5.69 Å². The molecule has 1 saturated heterocycles. The molecule has 0 bridgehead atoms. The number of aromatic nitrogens is 3. The molecule has 1 amide bonds. The lowest BCUT2D eigenvalue weighted by molar-refractivity contribution is 0.0764. The van der Waals surface area contributed by atoms with Crippen LogP contribution < -0.4 is 4.74 Å². The second-order valence-electron chi connectivity index (χ2n) is 5.44. The van der Waals surface area contributed by atoms with Gasteiger partial charge in [0.05, 0.1) is 36.8 Å². The van der Waals surface area contributed by atoms with Crippen LogP contribution in [-0.4, -0.2) is 45.5 Å². The van der Waals surface area contributed by atoms with Crippen molar-refractivity contribution < 1.29 is 9.53 Å². The maximum Gasteiger partial charge on any atom is 0.257 e. The molecule has 1 aromatic heterocycles. The minimum atomic E-state index is -0.381. The molecule has 118 valence electrons. The maximum atomic E-state index is 13.0. The molecule has 0 spiro atoms. The van der Waals surface area contributed by atoms with Gasteiger partial charge in [-0.05, 0) is 37.5 Å². The van der Waals surface area contributed by atoms with E-state index in [2.05, 4.69) is 16.3 Å². The number of carbonyl (C=O) groups excluding carboxylic acids is 1. The summed E-state index contributed by atoms with van der Waals surface area (Å²) in [7, 11) is 1.57. The van der Waals surface area contributed by atoms with Gasteiger partial charge in [0.15, 0.2) is 0 Å². The van der Waals surface area contributed by atoms with Crippen LogP contribution in [0.2, 0.25) is 0 Å². The van der Waals surface area contributed by atoms with Gasteiger partial charge >= 0.3 is 0 Å².